The molecule has 1 fully saturated rings. The molecular formula is C14H27NO. The Morgan fingerprint density at radius 2 is 2.12 bits per heavy atom. The van der Waals surface area contributed by atoms with E-state index in [0.717, 1.165) is 12.3 Å². The number of hydrogen-bond donors (Lipinski definition) is 0. The van der Waals surface area contributed by atoms with Crippen molar-refractivity contribution in [1.82, 2.24) is 4.90 Å². The predicted molar refractivity (Wildman–Crippen MR) is 68.6 cm³/mol. The minimum Gasteiger partial charge on any atom is -0.300 e. The molecule has 0 amide bonds. The Kier molecular flexibility index (Phi) is 6.04. The Balaban J connectivity index is 2.54. The molecule has 1 saturated heterocycles. The lowest BCUT2D eigenvalue weighted by atomic mass is 10.0. The molecule has 0 saturated carbocycles. The first kappa shape index (κ1) is 13.7. The summed E-state index contributed by atoms with van der Waals surface area (Å²) in [5.41, 5.74) is 0. The van der Waals surface area contributed by atoms with Crippen molar-refractivity contribution in [3.63, 3.8) is 0 Å². The normalized spacial score (nSPS) is 25.1. The van der Waals surface area contributed by atoms with Crippen molar-refractivity contribution in [3.8, 4) is 0 Å². The summed E-state index contributed by atoms with van der Waals surface area (Å²) in [6, 6.07) is 0.522. The van der Waals surface area contributed by atoms with Crippen LogP contribution in [0, 0.1) is 5.92 Å². The second kappa shape index (κ2) is 7.05. The SMILES string of the molecule is CCC(C)CN1CCCCCC1CC(C)=O. The first-order valence-electron chi connectivity index (χ1n) is 6.87. The van der Waals surface area contributed by atoms with Gasteiger partial charge >= 0.3 is 0 Å². The number of nitrogens with zero attached hydrogens (tertiary/aromatic N) is 1. The zero-order chi connectivity index (χ0) is 12.0. The Labute approximate surface area is 100 Å². The molecule has 1 aliphatic heterocycles. The van der Waals surface area contributed by atoms with Gasteiger partial charge in [0.05, 0.1) is 0 Å². The third-order valence-corrected chi connectivity index (χ3v) is 3.77. The fourth-order valence-corrected chi connectivity index (χ4v) is 2.57. The van der Waals surface area contributed by atoms with Crippen molar-refractivity contribution in [3.05, 3.63) is 0 Å². The molecule has 0 bridgehead atoms. The standard InChI is InChI=1S/C14H27NO/c1-4-12(2)11-15-9-7-5-6-8-14(15)10-13(3)16/h12,14H,4-11H2,1-3H3. The highest BCUT2D eigenvalue weighted by molar-refractivity contribution is 5.76. The highest BCUT2D eigenvalue weighted by Gasteiger charge is 2.22. The van der Waals surface area contributed by atoms with Gasteiger partial charge in [-0.3, -0.25) is 9.69 Å². The quantitative estimate of drug-likeness (QED) is 0.716. The second-order valence-electron chi connectivity index (χ2n) is 5.42. The number of rotatable bonds is 5. The summed E-state index contributed by atoms with van der Waals surface area (Å²) in [7, 11) is 0. The lowest BCUT2D eigenvalue weighted by Gasteiger charge is -2.31. The molecule has 0 spiro atoms. The van der Waals surface area contributed by atoms with Gasteiger partial charge < -0.3 is 0 Å². The van der Waals surface area contributed by atoms with Crippen molar-refractivity contribution in [1.29, 1.82) is 0 Å². The third kappa shape index (κ3) is 4.65. The van der Waals surface area contributed by atoms with E-state index in [0.29, 0.717) is 11.8 Å². The molecule has 1 rings (SSSR count). The molecule has 2 unspecified atom stereocenters. The molecule has 0 aromatic rings. The van der Waals surface area contributed by atoms with Crippen LogP contribution < -0.4 is 0 Å². The Morgan fingerprint density at radius 3 is 2.75 bits per heavy atom. The Morgan fingerprint density at radius 1 is 1.38 bits per heavy atom. The largest absolute Gasteiger partial charge is 0.300 e. The van der Waals surface area contributed by atoms with Gasteiger partial charge in [-0.05, 0) is 32.2 Å². The van der Waals surface area contributed by atoms with E-state index in [9.17, 15) is 4.79 Å². The average Bonchev–Trinajstić information content (AvgIpc) is 2.44. The van der Waals surface area contributed by atoms with E-state index >= 15 is 0 Å². The minimum atomic E-state index is 0.348. The van der Waals surface area contributed by atoms with E-state index in [2.05, 4.69) is 18.7 Å². The fraction of sp³-hybridized carbons (Fsp3) is 0.929. The predicted octanol–water partition coefficient (Wildman–Crippen LogP) is 3.26. The number of carbonyl (C=O) groups is 1. The van der Waals surface area contributed by atoms with E-state index in [1.807, 2.05) is 0 Å². The Bertz CT molecular complexity index is 215. The molecule has 2 nitrogen and oxygen atoms in total. The lowest BCUT2D eigenvalue weighted by molar-refractivity contribution is -0.118. The maximum Gasteiger partial charge on any atom is 0.131 e. The first-order valence-corrected chi connectivity index (χ1v) is 6.87. The number of likely N-dealkylation sites (tertiary alicyclic amines) is 1. The maximum atomic E-state index is 11.3. The minimum absolute atomic E-state index is 0.348. The molecule has 0 aromatic heterocycles. The zero-order valence-electron chi connectivity index (χ0n) is 11.2. The van der Waals surface area contributed by atoms with Crippen molar-refractivity contribution >= 4 is 5.78 Å². The number of Topliss-reactive ketones (excluding diaryl/α,β-unsaturated/α-hetero) is 1. The summed E-state index contributed by atoms with van der Waals surface area (Å²) in [6.45, 7) is 8.67. The van der Waals surface area contributed by atoms with Crippen LogP contribution in [0.2, 0.25) is 0 Å². The van der Waals surface area contributed by atoms with Gasteiger partial charge in [-0.15, -0.1) is 0 Å². The summed E-state index contributed by atoms with van der Waals surface area (Å²) in [6.07, 6.45) is 7.17. The van der Waals surface area contributed by atoms with E-state index in [4.69, 9.17) is 0 Å². The summed E-state index contributed by atoms with van der Waals surface area (Å²) in [5.74, 6) is 1.11. The van der Waals surface area contributed by atoms with Crippen LogP contribution in [-0.4, -0.2) is 29.8 Å². The van der Waals surface area contributed by atoms with Crippen LogP contribution in [0.4, 0.5) is 0 Å². The molecule has 0 aromatic carbocycles. The lowest BCUT2D eigenvalue weighted by Crippen LogP contribution is -2.39. The second-order valence-corrected chi connectivity index (χ2v) is 5.42. The summed E-state index contributed by atoms with van der Waals surface area (Å²) >= 11 is 0. The summed E-state index contributed by atoms with van der Waals surface area (Å²) in [5, 5.41) is 0. The molecular weight excluding hydrogens is 198 g/mol. The van der Waals surface area contributed by atoms with Gasteiger partial charge in [-0.25, -0.2) is 0 Å². The molecule has 16 heavy (non-hydrogen) atoms. The number of hydrogen-bond acceptors (Lipinski definition) is 2. The van der Waals surface area contributed by atoms with E-state index in [-0.39, 0.29) is 0 Å². The molecule has 2 heteroatoms. The van der Waals surface area contributed by atoms with Crippen molar-refractivity contribution in [2.45, 2.75) is 65.3 Å². The molecule has 2 atom stereocenters. The van der Waals surface area contributed by atoms with E-state index in [1.165, 1.54) is 45.2 Å². The van der Waals surface area contributed by atoms with Crippen molar-refractivity contribution in [2.24, 2.45) is 5.92 Å². The van der Waals surface area contributed by atoms with Gasteiger partial charge in [0.25, 0.3) is 0 Å². The smallest absolute Gasteiger partial charge is 0.131 e. The van der Waals surface area contributed by atoms with Gasteiger partial charge in [0.15, 0.2) is 0 Å². The molecule has 1 heterocycles. The first-order chi connectivity index (χ1) is 7.63. The maximum absolute atomic E-state index is 11.3. The van der Waals surface area contributed by atoms with E-state index in [1.54, 1.807) is 6.92 Å². The van der Waals surface area contributed by atoms with Gasteiger partial charge in [-0.1, -0.05) is 33.1 Å². The number of carbonyl (C=O) groups excluding carboxylic acids is 1. The van der Waals surface area contributed by atoms with Crippen LogP contribution in [-0.2, 0) is 4.79 Å². The molecule has 0 aliphatic carbocycles. The van der Waals surface area contributed by atoms with Crippen LogP contribution in [0.25, 0.3) is 0 Å². The van der Waals surface area contributed by atoms with Crippen molar-refractivity contribution < 1.29 is 4.79 Å². The third-order valence-electron chi connectivity index (χ3n) is 3.77. The molecule has 0 radical (unpaired) electrons. The molecule has 1 aliphatic rings. The topological polar surface area (TPSA) is 20.3 Å². The monoisotopic (exact) mass is 225 g/mol. The fourth-order valence-electron chi connectivity index (χ4n) is 2.57. The highest BCUT2D eigenvalue weighted by atomic mass is 16.1. The molecule has 0 N–H and O–H groups in total. The van der Waals surface area contributed by atoms with E-state index < -0.39 is 0 Å². The molecule has 94 valence electrons. The number of ketones is 1. The van der Waals surface area contributed by atoms with Gasteiger partial charge in [-0.2, -0.15) is 0 Å². The highest BCUT2D eigenvalue weighted by Crippen LogP contribution is 2.21. The van der Waals surface area contributed by atoms with Crippen LogP contribution >= 0.6 is 0 Å². The van der Waals surface area contributed by atoms with Gasteiger partial charge in [0.1, 0.15) is 5.78 Å². The van der Waals surface area contributed by atoms with Crippen LogP contribution in [0.3, 0.4) is 0 Å². The summed E-state index contributed by atoms with van der Waals surface area (Å²) in [4.78, 5) is 13.9. The Hall–Kier alpha value is -0.370. The van der Waals surface area contributed by atoms with Gasteiger partial charge in [0, 0.05) is 19.0 Å². The van der Waals surface area contributed by atoms with Crippen LogP contribution in [0.5, 0.6) is 0 Å². The zero-order valence-corrected chi connectivity index (χ0v) is 11.2. The average molecular weight is 225 g/mol. The van der Waals surface area contributed by atoms with Gasteiger partial charge in [0.2, 0.25) is 0 Å². The van der Waals surface area contributed by atoms with Crippen molar-refractivity contribution in [2.75, 3.05) is 13.1 Å². The van der Waals surface area contributed by atoms with Crippen LogP contribution in [0.1, 0.15) is 59.3 Å². The summed E-state index contributed by atoms with van der Waals surface area (Å²) < 4.78 is 0. The van der Waals surface area contributed by atoms with Crippen LogP contribution in [0.15, 0.2) is 0 Å².